The molecule has 6 heteroatoms. The molecule has 0 unspecified atom stereocenters. The van der Waals surface area contributed by atoms with Gasteiger partial charge in [-0.1, -0.05) is 13.8 Å². The summed E-state index contributed by atoms with van der Waals surface area (Å²) in [5, 5.41) is 0. The fourth-order valence-corrected chi connectivity index (χ4v) is 2.80. The number of methoxy groups -OCH3 is 1. The molecule has 2 heterocycles. The molecular formula is C14H22BrN3O2. The Labute approximate surface area is 128 Å². The van der Waals surface area contributed by atoms with E-state index in [1.165, 1.54) is 0 Å². The van der Waals surface area contributed by atoms with Gasteiger partial charge in [0.1, 0.15) is 11.4 Å². The van der Waals surface area contributed by atoms with E-state index in [0.717, 1.165) is 29.4 Å². The lowest BCUT2D eigenvalue weighted by molar-refractivity contribution is -0.100. The highest BCUT2D eigenvalue weighted by atomic mass is 79.9. The summed E-state index contributed by atoms with van der Waals surface area (Å²) < 4.78 is 12.0. The first-order valence-corrected chi connectivity index (χ1v) is 7.73. The second-order valence-corrected chi connectivity index (χ2v) is 6.39. The lowest BCUT2D eigenvalue weighted by Gasteiger charge is -2.34. The molecule has 1 fully saturated rings. The van der Waals surface area contributed by atoms with Crippen LogP contribution in [-0.2, 0) is 21.5 Å². The summed E-state index contributed by atoms with van der Waals surface area (Å²) in [4.78, 5) is 9.17. The van der Waals surface area contributed by atoms with Gasteiger partial charge in [0.25, 0.3) is 0 Å². The van der Waals surface area contributed by atoms with Crippen molar-refractivity contribution in [1.82, 2.24) is 9.97 Å². The predicted octanol–water partition coefficient (Wildman–Crippen LogP) is 2.67. The summed E-state index contributed by atoms with van der Waals surface area (Å²) in [6, 6.07) is 0. The van der Waals surface area contributed by atoms with E-state index in [2.05, 4.69) is 34.8 Å². The maximum absolute atomic E-state index is 6.03. The molecule has 2 N–H and O–H groups in total. The van der Waals surface area contributed by atoms with Crippen molar-refractivity contribution in [2.75, 3.05) is 26.1 Å². The summed E-state index contributed by atoms with van der Waals surface area (Å²) in [6.45, 7) is 5.63. The van der Waals surface area contributed by atoms with Crippen LogP contribution >= 0.6 is 15.9 Å². The number of nitrogen functional groups attached to an aromatic ring is 1. The lowest BCUT2D eigenvalue weighted by atomic mass is 9.92. The highest BCUT2D eigenvalue weighted by Crippen LogP contribution is 2.35. The molecule has 0 aromatic carbocycles. The van der Waals surface area contributed by atoms with Gasteiger partial charge >= 0.3 is 0 Å². The van der Waals surface area contributed by atoms with Gasteiger partial charge in [0.15, 0.2) is 5.82 Å². The van der Waals surface area contributed by atoms with Gasteiger partial charge in [-0.15, -0.1) is 0 Å². The number of aromatic nitrogens is 2. The highest BCUT2D eigenvalue weighted by Gasteiger charge is 2.38. The van der Waals surface area contributed by atoms with E-state index in [4.69, 9.17) is 20.2 Å². The van der Waals surface area contributed by atoms with Crippen molar-refractivity contribution in [3.8, 4) is 0 Å². The smallest absolute Gasteiger partial charge is 0.163 e. The maximum Gasteiger partial charge on any atom is 0.163 e. The van der Waals surface area contributed by atoms with E-state index < -0.39 is 5.60 Å². The minimum atomic E-state index is -0.473. The third-order valence-electron chi connectivity index (χ3n) is 3.65. The molecule has 0 saturated carbocycles. The van der Waals surface area contributed by atoms with Gasteiger partial charge < -0.3 is 15.2 Å². The molecule has 0 spiro atoms. The zero-order chi connectivity index (χ0) is 14.8. The Kier molecular flexibility index (Phi) is 4.99. The molecule has 2 rings (SSSR count). The number of rotatable bonds is 4. The number of nitrogens with zero attached hydrogens (tertiary/aromatic N) is 2. The summed E-state index contributed by atoms with van der Waals surface area (Å²) in [5.41, 5.74) is 6.51. The van der Waals surface area contributed by atoms with Gasteiger partial charge in [-0.05, 0) is 28.3 Å². The molecule has 5 nitrogen and oxygen atoms in total. The summed E-state index contributed by atoms with van der Waals surface area (Å²) in [7, 11) is 1.70. The van der Waals surface area contributed by atoms with E-state index in [1.807, 2.05) is 0 Å². The van der Waals surface area contributed by atoms with Crippen molar-refractivity contribution >= 4 is 21.7 Å². The first-order chi connectivity index (χ1) is 9.48. The largest absolute Gasteiger partial charge is 0.383 e. The van der Waals surface area contributed by atoms with Crippen LogP contribution in [0.4, 0.5) is 5.82 Å². The van der Waals surface area contributed by atoms with Crippen LogP contribution in [0.25, 0.3) is 0 Å². The zero-order valence-electron chi connectivity index (χ0n) is 12.3. The second kappa shape index (κ2) is 6.37. The van der Waals surface area contributed by atoms with Crippen molar-refractivity contribution in [2.24, 2.45) is 5.92 Å². The van der Waals surface area contributed by atoms with E-state index in [-0.39, 0.29) is 0 Å². The molecule has 0 amide bonds. The number of hydrogen-bond donors (Lipinski definition) is 1. The van der Waals surface area contributed by atoms with Crippen LogP contribution in [0, 0.1) is 5.92 Å². The molecule has 0 bridgehead atoms. The van der Waals surface area contributed by atoms with Gasteiger partial charge in [-0.3, -0.25) is 0 Å². The SMILES string of the molecule is COC1(c2nc(N)c(Br)c(CC(C)C)n2)CCOCC1. The van der Waals surface area contributed by atoms with E-state index in [1.54, 1.807) is 7.11 Å². The van der Waals surface area contributed by atoms with Crippen molar-refractivity contribution in [2.45, 2.75) is 38.7 Å². The quantitative estimate of drug-likeness (QED) is 0.909. The van der Waals surface area contributed by atoms with E-state index in [0.29, 0.717) is 30.8 Å². The number of halogens is 1. The molecule has 0 atom stereocenters. The molecule has 1 saturated heterocycles. The van der Waals surface area contributed by atoms with Crippen molar-refractivity contribution < 1.29 is 9.47 Å². The third kappa shape index (κ3) is 3.13. The standard InChI is InChI=1S/C14H22BrN3O2/c1-9(2)8-10-11(15)12(16)18-13(17-10)14(19-3)4-6-20-7-5-14/h9H,4-8H2,1-3H3,(H2,16,17,18). The second-order valence-electron chi connectivity index (χ2n) is 5.60. The van der Waals surface area contributed by atoms with Crippen LogP contribution in [0.2, 0.25) is 0 Å². The Balaban J connectivity index is 2.42. The predicted molar refractivity (Wildman–Crippen MR) is 81.4 cm³/mol. The van der Waals surface area contributed by atoms with Gasteiger partial charge in [-0.25, -0.2) is 9.97 Å². The minimum absolute atomic E-state index is 0.473. The Bertz CT molecular complexity index is 474. The molecule has 1 aromatic rings. The molecule has 20 heavy (non-hydrogen) atoms. The van der Waals surface area contributed by atoms with Gasteiger partial charge in [-0.2, -0.15) is 0 Å². The fraction of sp³-hybridized carbons (Fsp3) is 0.714. The van der Waals surface area contributed by atoms with Crippen molar-refractivity contribution in [3.63, 3.8) is 0 Å². The van der Waals surface area contributed by atoms with Crippen LogP contribution in [0.5, 0.6) is 0 Å². The summed E-state index contributed by atoms with van der Waals surface area (Å²) in [5.74, 6) is 1.66. The topological polar surface area (TPSA) is 70.3 Å². The van der Waals surface area contributed by atoms with E-state index >= 15 is 0 Å². The molecule has 1 aromatic heterocycles. The van der Waals surface area contributed by atoms with Crippen LogP contribution in [0.15, 0.2) is 4.47 Å². The molecule has 1 aliphatic rings. The summed E-state index contributed by atoms with van der Waals surface area (Å²) in [6.07, 6.45) is 2.37. The highest BCUT2D eigenvalue weighted by molar-refractivity contribution is 9.10. The normalized spacial score (nSPS) is 18.4. The van der Waals surface area contributed by atoms with Gasteiger partial charge in [0.05, 0.1) is 10.2 Å². The van der Waals surface area contributed by atoms with Crippen molar-refractivity contribution in [1.29, 1.82) is 0 Å². The van der Waals surface area contributed by atoms with Gasteiger partial charge in [0, 0.05) is 33.2 Å². The molecule has 112 valence electrons. The number of ether oxygens (including phenoxy) is 2. The summed E-state index contributed by atoms with van der Waals surface area (Å²) >= 11 is 3.49. The van der Waals surface area contributed by atoms with Crippen LogP contribution < -0.4 is 5.73 Å². The Morgan fingerprint density at radius 1 is 1.35 bits per heavy atom. The Morgan fingerprint density at radius 3 is 2.55 bits per heavy atom. The molecule has 0 radical (unpaired) electrons. The van der Waals surface area contributed by atoms with Crippen LogP contribution in [0.3, 0.4) is 0 Å². The average molecular weight is 344 g/mol. The minimum Gasteiger partial charge on any atom is -0.383 e. The average Bonchev–Trinajstić information content (AvgIpc) is 2.44. The Morgan fingerprint density at radius 2 is 2.00 bits per heavy atom. The first kappa shape index (κ1) is 15.7. The number of anilines is 1. The fourth-order valence-electron chi connectivity index (χ4n) is 2.46. The van der Waals surface area contributed by atoms with Crippen LogP contribution in [-0.4, -0.2) is 30.3 Å². The van der Waals surface area contributed by atoms with Gasteiger partial charge in [0.2, 0.25) is 0 Å². The van der Waals surface area contributed by atoms with Crippen molar-refractivity contribution in [3.05, 3.63) is 16.0 Å². The monoisotopic (exact) mass is 343 g/mol. The molecular weight excluding hydrogens is 322 g/mol. The zero-order valence-corrected chi connectivity index (χ0v) is 13.9. The van der Waals surface area contributed by atoms with E-state index in [9.17, 15) is 0 Å². The number of hydrogen-bond acceptors (Lipinski definition) is 5. The Hall–Kier alpha value is -0.720. The molecule has 1 aliphatic heterocycles. The maximum atomic E-state index is 6.03. The number of nitrogens with two attached hydrogens (primary N) is 1. The molecule has 0 aliphatic carbocycles. The third-order valence-corrected chi connectivity index (χ3v) is 4.51. The lowest BCUT2D eigenvalue weighted by Crippen LogP contribution is -2.38. The van der Waals surface area contributed by atoms with Crippen LogP contribution in [0.1, 0.15) is 38.2 Å². The first-order valence-electron chi connectivity index (χ1n) is 6.94.